The fourth-order valence-corrected chi connectivity index (χ4v) is 2.95. The Morgan fingerprint density at radius 1 is 0.875 bits per heavy atom. The molecular weight excluding hydrogens is 410 g/mol. The van der Waals surface area contributed by atoms with Crippen molar-refractivity contribution in [3.63, 3.8) is 0 Å². The lowest BCUT2D eigenvalue weighted by atomic mass is 10.1. The van der Waals surface area contributed by atoms with Gasteiger partial charge in [-0.2, -0.15) is 0 Å². The zero-order chi connectivity index (χ0) is 23.3. The summed E-state index contributed by atoms with van der Waals surface area (Å²) in [6, 6.07) is 15.8. The number of ether oxygens (including phenoxy) is 1. The smallest absolute Gasteiger partial charge is 0.308 e. The Kier molecular flexibility index (Phi) is 9.90. The normalized spacial score (nSPS) is 10.2. The summed E-state index contributed by atoms with van der Waals surface area (Å²) in [4.78, 5) is 49.6. The van der Waals surface area contributed by atoms with Gasteiger partial charge >= 0.3 is 5.97 Å². The predicted octanol–water partition coefficient (Wildman–Crippen LogP) is 2.40. The number of benzene rings is 2. The number of carbonyl (C=O) groups excluding carboxylic acids is 4. The van der Waals surface area contributed by atoms with Crippen molar-refractivity contribution < 1.29 is 23.9 Å². The summed E-state index contributed by atoms with van der Waals surface area (Å²) < 4.78 is 4.94. The van der Waals surface area contributed by atoms with E-state index < -0.39 is 18.5 Å². The lowest BCUT2D eigenvalue weighted by Gasteiger charge is -2.18. The molecular formula is C24H29N3O5. The quantitative estimate of drug-likeness (QED) is 0.523. The largest absolute Gasteiger partial charge is 0.456 e. The predicted molar refractivity (Wildman–Crippen MR) is 121 cm³/mol. The molecule has 0 unspecified atom stereocenters. The van der Waals surface area contributed by atoms with Crippen LogP contribution in [0.15, 0.2) is 54.6 Å². The third kappa shape index (κ3) is 8.22. The van der Waals surface area contributed by atoms with Crippen LogP contribution in [0.2, 0.25) is 0 Å². The van der Waals surface area contributed by atoms with Gasteiger partial charge in [0.25, 0.3) is 11.8 Å². The van der Waals surface area contributed by atoms with Crippen molar-refractivity contribution >= 4 is 29.4 Å². The molecule has 0 atom stereocenters. The molecule has 3 amide bonds. The third-order valence-electron chi connectivity index (χ3n) is 4.69. The maximum Gasteiger partial charge on any atom is 0.308 e. The van der Waals surface area contributed by atoms with Gasteiger partial charge in [0, 0.05) is 30.9 Å². The summed E-state index contributed by atoms with van der Waals surface area (Å²) in [5, 5.41) is 5.26. The van der Waals surface area contributed by atoms with Gasteiger partial charge in [-0.1, -0.05) is 30.3 Å². The first-order valence-corrected chi connectivity index (χ1v) is 10.6. The molecule has 0 aliphatic heterocycles. The molecule has 0 aliphatic carbocycles. The van der Waals surface area contributed by atoms with Crippen molar-refractivity contribution in [1.29, 1.82) is 0 Å². The minimum Gasteiger partial charge on any atom is -0.456 e. The minimum absolute atomic E-state index is 0.0318. The Balaban J connectivity index is 1.67. The van der Waals surface area contributed by atoms with Crippen LogP contribution in [-0.4, -0.2) is 54.8 Å². The van der Waals surface area contributed by atoms with Crippen LogP contribution in [0.1, 0.15) is 36.2 Å². The Hall–Kier alpha value is -3.68. The number of nitrogens with zero attached hydrogens (tertiary/aromatic N) is 1. The van der Waals surface area contributed by atoms with Crippen LogP contribution in [-0.2, 0) is 25.5 Å². The fraction of sp³-hybridized carbons (Fsp3) is 0.333. The van der Waals surface area contributed by atoms with Crippen molar-refractivity contribution in [1.82, 2.24) is 10.2 Å². The lowest BCUT2D eigenvalue weighted by Crippen LogP contribution is -2.30. The fourth-order valence-electron chi connectivity index (χ4n) is 2.95. The van der Waals surface area contributed by atoms with Gasteiger partial charge in [0.1, 0.15) is 0 Å². The highest BCUT2D eigenvalue weighted by Crippen LogP contribution is 2.12. The maximum absolute atomic E-state index is 12.3. The summed E-state index contributed by atoms with van der Waals surface area (Å²) >= 11 is 0. The van der Waals surface area contributed by atoms with E-state index in [-0.39, 0.29) is 31.2 Å². The topological polar surface area (TPSA) is 105 Å². The second-order valence-corrected chi connectivity index (χ2v) is 7.03. The second-order valence-electron chi connectivity index (χ2n) is 7.03. The van der Waals surface area contributed by atoms with Crippen molar-refractivity contribution in [3.05, 3.63) is 65.7 Å². The van der Waals surface area contributed by atoms with E-state index >= 15 is 0 Å². The molecule has 0 spiro atoms. The number of anilines is 1. The van der Waals surface area contributed by atoms with Crippen LogP contribution in [0.5, 0.6) is 0 Å². The summed E-state index contributed by atoms with van der Waals surface area (Å²) in [6.45, 7) is 4.77. The molecule has 8 nitrogen and oxygen atoms in total. The number of rotatable bonds is 11. The van der Waals surface area contributed by atoms with Gasteiger partial charge in [-0.15, -0.1) is 0 Å². The lowest BCUT2D eigenvalue weighted by molar-refractivity contribution is -0.147. The van der Waals surface area contributed by atoms with Crippen LogP contribution in [0.25, 0.3) is 0 Å². The minimum atomic E-state index is -0.583. The summed E-state index contributed by atoms with van der Waals surface area (Å²) in [5.74, 6) is -1.34. The number of hydrogen-bond acceptors (Lipinski definition) is 5. The Bertz CT molecular complexity index is 909. The SMILES string of the molecule is CCN(CC)C(=O)c1ccc(NC(=O)COC(=O)CCNC(=O)Cc2ccccc2)cc1. The van der Waals surface area contributed by atoms with Gasteiger partial charge in [-0.05, 0) is 43.7 Å². The first-order valence-electron chi connectivity index (χ1n) is 10.6. The van der Waals surface area contributed by atoms with Crippen LogP contribution in [0.4, 0.5) is 5.69 Å². The van der Waals surface area contributed by atoms with Gasteiger partial charge in [-0.25, -0.2) is 0 Å². The molecule has 0 saturated heterocycles. The number of hydrogen-bond donors (Lipinski definition) is 2. The molecule has 2 rings (SSSR count). The molecule has 170 valence electrons. The average Bonchev–Trinajstić information content (AvgIpc) is 2.79. The van der Waals surface area contributed by atoms with E-state index in [9.17, 15) is 19.2 Å². The van der Waals surface area contributed by atoms with Crippen molar-refractivity contribution in [2.45, 2.75) is 26.7 Å². The highest BCUT2D eigenvalue weighted by molar-refractivity contribution is 5.96. The highest BCUT2D eigenvalue weighted by Gasteiger charge is 2.13. The van der Waals surface area contributed by atoms with Crippen molar-refractivity contribution in [3.8, 4) is 0 Å². The number of nitrogens with one attached hydrogen (secondary N) is 2. The standard InChI is InChI=1S/C24H29N3O5/c1-3-27(4-2)24(31)19-10-12-20(13-11-19)26-22(29)17-32-23(30)14-15-25-21(28)16-18-8-6-5-7-9-18/h5-13H,3-4,14-17H2,1-2H3,(H,25,28)(H,26,29). The van der Waals surface area contributed by atoms with Gasteiger partial charge in [0.15, 0.2) is 6.61 Å². The van der Waals surface area contributed by atoms with Crippen molar-refractivity contribution in [2.24, 2.45) is 0 Å². The van der Waals surface area contributed by atoms with Crippen molar-refractivity contribution in [2.75, 3.05) is 31.6 Å². The second kappa shape index (κ2) is 12.9. The Labute approximate surface area is 187 Å². The van der Waals surface area contributed by atoms with E-state index in [2.05, 4.69) is 10.6 Å². The maximum atomic E-state index is 12.3. The van der Waals surface area contributed by atoms with E-state index in [0.29, 0.717) is 24.3 Å². The van der Waals surface area contributed by atoms with Crippen LogP contribution < -0.4 is 10.6 Å². The van der Waals surface area contributed by atoms with Crippen LogP contribution in [0, 0.1) is 0 Å². The monoisotopic (exact) mass is 439 g/mol. The third-order valence-corrected chi connectivity index (χ3v) is 4.69. The summed E-state index contributed by atoms with van der Waals surface area (Å²) in [7, 11) is 0. The van der Waals surface area contributed by atoms with E-state index in [0.717, 1.165) is 5.56 Å². The Morgan fingerprint density at radius 3 is 2.16 bits per heavy atom. The number of amides is 3. The van der Waals surface area contributed by atoms with Gasteiger partial charge < -0.3 is 20.3 Å². The highest BCUT2D eigenvalue weighted by atomic mass is 16.5. The molecule has 0 bridgehead atoms. The van der Waals surface area contributed by atoms with E-state index in [1.807, 2.05) is 44.2 Å². The molecule has 0 heterocycles. The van der Waals surface area contributed by atoms with Gasteiger partial charge in [0.05, 0.1) is 12.8 Å². The molecule has 2 aromatic carbocycles. The molecule has 0 fully saturated rings. The molecule has 0 saturated carbocycles. The summed E-state index contributed by atoms with van der Waals surface area (Å²) in [6.07, 6.45) is 0.202. The van der Waals surface area contributed by atoms with E-state index in [4.69, 9.17) is 4.74 Å². The molecule has 0 aromatic heterocycles. The zero-order valence-electron chi connectivity index (χ0n) is 18.4. The summed E-state index contributed by atoms with van der Waals surface area (Å²) in [5.41, 5.74) is 1.91. The molecule has 0 aliphatic rings. The average molecular weight is 440 g/mol. The van der Waals surface area contributed by atoms with Gasteiger partial charge in [-0.3, -0.25) is 19.2 Å². The first-order chi connectivity index (χ1) is 15.4. The Morgan fingerprint density at radius 2 is 1.53 bits per heavy atom. The number of carbonyl (C=O) groups is 4. The van der Waals surface area contributed by atoms with E-state index in [1.165, 1.54) is 0 Å². The van der Waals surface area contributed by atoms with E-state index in [1.54, 1.807) is 29.2 Å². The van der Waals surface area contributed by atoms with Crippen LogP contribution >= 0.6 is 0 Å². The zero-order valence-corrected chi connectivity index (χ0v) is 18.4. The molecule has 2 aromatic rings. The first kappa shape index (κ1) is 24.6. The molecule has 32 heavy (non-hydrogen) atoms. The molecule has 0 radical (unpaired) electrons. The van der Waals surface area contributed by atoms with Gasteiger partial charge in [0.2, 0.25) is 5.91 Å². The molecule has 8 heteroatoms. The van der Waals surface area contributed by atoms with Crippen LogP contribution in [0.3, 0.4) is 0 Å². The number of esters is 1. The molecule has 2 N–H and O–H groups in total.